The maximum atomic E-state index is 12.6. The summed E-state index contributed by atoms with van der Waals surface area (Å²) < 4.78 is 27.1. The molecule has 1 aromatic heterocycles. The topological polar surface area (TPSA) is 96.2 Å². The standard InChI is InChI=1S/C23H25N3O6/c1-26(22(27)9-5-15-4-8-18-20(12-15)31-11-10-30-18)14-21-24-23(25-32-21)17-7-6-16(28-2)13-19(17)29-3/h4,6-8,12-13H,5,9-11,14H2,1-3H3. The number of ether oxygens (including phenoxy) is 4. The molecule has 0 fully saturated rings. The molecule has 3 aromatic rings. The zero-order valence-corrected chi connectivity index (χ0v) is 18.3. The molecule has 1 amide bonds. The van der Waals surface area contributed by atoms with Crippen molar-refractivity contribution in [2.75, 3.05) is 34.5 Å². The third-order valence-corrected chi connectivity index (χ3v) is 5.15. The van der Waals surface area contributed by atoms with Gasteiger partial charge in [-0.3, -0.25) is 4.79 Å². The van der Waals surface area contributed by atoms with E-state index in [1.807, 2.05) is 18.2 Å². The fourth-order valence-corrected chi connectivity index (χ4v) is 3.39. The van der Waals surface area contributed by atoms with E-state index >= 15 is 0 Å². The van der Waals surface area contributed by atoms with E-state index in [2.05, 4.69) is 10.1 Å². The summed E-state index contributed by atoms with van der Waals surface area (Å²) in [5, 5.41) is 4.03. The number of aromatic nitrogens is 2. The third-order valence-electron chi connectivity index (χ3n) is 5.15. The molecule has 32 heavy (non-hydrogen) atoms. The highest BCUT2D eigenvalue weighted by Gasteiger charge is 2.18. The first-order valence-electron chi connectivity index (χ1n) is 10.2. The molecule has 168 valence electrons. The fourth-order valence-electron chi connectivity index (χ4n) is 3.39. The summed E-state index contributed by atoms with van der Waals surface area (Å²) in [6.07, 6.45) is 0.946. The van der Waals surface area contributed by atoms with Crippen LogP contribution in [0.4, 0.5) is 0 Å². The van der Waals surface area contributed by atoms with Crippen molar-refractivity contribution >= 4 is 5.91 Å². The second-order valence-electron chi connectivity index (χ2n) is 7.31. The van der Waals surface area contributed by atoms with Gasteiger partial charge in [-0.15, -0.1) is 0 Å². The normalized spacial score (nSPS) is 12.3. The van der Waals surface area contributed by atoms with Gasteiger partial charge < -0.3 is 28.4 Å². The number of hydrogen-bond donors (Lipinski definition) is 0. The van der Waals surface area contributed by atoms with Crippen LogP contribution in [0.25, 0.3) is 11.4 Å². The van der Waals surface area contributed by atoms with Gasteiger partial charge >= 0.3 is 0 Å². The van der Waals surface area contributed by atoms with Crippen molar-refractivity contribution in [2.24, 2.45) is 0 Å². The fraction of sp³-hybridized carbons (Fsp3) is 0.348. The minimum absolute atomic E-state index is 0.0262. The largest absolute Gasteiger partial charge is 0.497 e. The van der Waals surface area contributed by atoms with E-state index in [4.69, 9.17) is 23.5 Å². The average molecular weight is 439 g/mol. The van der Waals surface area contributed by atoms with E-state index in [1.54, 1.807) is 44.4 Å². The SMILES string of the molecule is COc1ccc(-c2noc(CN(C)C(=O)CCc3ccc4c(c3)OCCO4)n2)c(OC)c1. The predicted octanol–water partition coefficient (Wildman–Crippen LogP) is 3.12. The molecular formula is C23H25N3O6. The van der Waals surface area contributed by atoms with Gasteiger partial charge in [-0.2, -0.15) is 4.98 Å². The Morgan fingerprint density at radius 2 is 1.88 bits per heavy atom. The second kappa shape index (κ2) is 9.59. The number of methoxy groups -OCH3 is 2. The van der Waals surface area contributed by atoms with Crippen molar-refractivity contribution in [2.45, 2.75) is 19.4 Å². The first-order chi connectivity index (χ1) is 15.6. The number of fused-ring (bicyclic) bond motifs is 1. The van der Waals surface area contributed by atoms with Gasteiger partial charge in [-0.1, -0.05) is 11.2 Å². The maximum Gasteiger partial charge on any atom is 0.246 e. The lowest BCUT2D eigenvalue weighted by Gasteiger charge is -2.19. The molecule has 0 spiro atoms. The van der Waals surface area contributed by atoms with Crippen molar-refractivity contribution in [1.29, 1.82) is 0 Å². The number of carbonyl (C=O) groups excluding carboxylic acids is 1. The van der Waals surface area contributed by atoms with Crippen molar-refractivity contribution < 1.29 is 28.3 Å². The molecule has 0 atom stereocenters. The Bertz CT molecular complexity index is 1100. The second-order valence-corrected chi connectivity index (χ2v) is 7.31. The van der Waals surface area contributed by atoms with Crippen LogP contribution in [0.15, 0.2) is 40.9 Å². The molecule has 0 N–H and O–H groups in total. The van der Waals surface area contributed by atoms with Gasteiger partial charge in [0.25, 0.3) is 0 Å². The van der Waals surface area contributed by atoms with Crippen LogP contribution in [0.5, 0.6) is 23.0 Å². The van der Waals surface area contributed by atoms with Crippen LogP contribution in [0, 0.1) is 0 Å². The molecule has 0 radical (unpaired) electrons. The van der Waals surface area contributed by atoms with Crippen LogP contribution in [0.3, 0.4) is 0 Å². The Morgan fingerprint density at radius 1 is 1.06 bits per heavy atom. The van der Waals surface area contributed by atoms with Gasteiger partial charge in [-0.05, 0) is 36.2 Å². The first-order valence-corrected chi connectivity index (χ1v) is 10.2. The number of rotatable bonds is 8. The van der Waals surface area contributed by atoms with Gasteiger partial charge in [0.2, 0.25) is 17.6 Å². The van der Waals surface area contributed by atoms with E-state index in [9.17, 15) is 4.79 Å². The van der Waals surface area contributed by atoms with Gasteiger partial charge in [0.15, 0.2) is 11.5 Å². The highest BCUT2D eigenvalue weighted by Crippen LogP contribution is 2.32. The third kappa shape index (κ3) is 4.77. The molecule has 0 saturated carbocycles. The molecule has 2 aromatic carbocycles. The Morgan fingerprint density at radius 3 is 2.66 bits per heavy atom. The van der Waals surface area contributed by atoms with Gasteiger partial charge in [0.05, 0.1) is 26.3 Å². The lowest BCUT2D eigenvalue weighted by molar-refractivity contribution is -0.130. The summed E-state index contributed by atoms with van der Waals surface area (Å²) in [4.78, 5) is 18.6. The number of aryl methyl sites for hydroxylation is 1. The summed E-state index contributed by atoms with van der Waals surface area (Å²) in [5.74, 6) is 3.40. The van der Waals surface area contributed by atoms with E-state index in [0.29, 0.717) is 54.8 Å². The number of amides is 1. The van der Waals surface area contributed by atoms with Crippen LogP contribution < -0.4 is 18.9 Å². The van der Waals surface area contributed by atoms with Crippen LogP contribution in [0.1, 0.15) is 17.9 Å². The molecular weight excluding hydrogens is 414 g/mol. The van der Waals surface area contributed by atoms with Gasteiger partial charge in [-0.25, -0.2) is 0 Å². The van der Waals surface area contributed by atoms with Gasteiger partial charge in [0, 0.05) is 19.5 Å². The number of nitrogens with zero attached hydrogens (tertiary/aromatic N) is 3. The lowest BCUT2D eigenvalue weighted by Crippen LogP contribution is -2.26. The molecule has 2 heterocycles. The predicted molar refractivity (Wildman–Crippen MR) is 115 cm³/mol. The molecule has 1 aliphatic rings. The molecule has 9 nitrogen and oxygen atoms in total. The summed E-state index contributed by atoms with van der Waals surface area (Å²) in [5.41, 5.74) is 1.69. The Balaban J connectivity index is 1.36. The highest BCUT2D eigenvalue weighted by molar-refractivity contribution is 5.76. The Labute approximate surface area is 185 Å². The lowest BCUT2D eigenvalue weighted by atomic mass is 10.1. The van der Waals surface area contributed by atoms with E-state index in [-0.39, 0.29) is 12.5 Å². The molecule has 4 rings (SSSR count). The number of carbonyl (C=O) groups is 1. The van der Waals surface area contributed by atoms with Crippen molar-refractivity contribution in [3.05, 3.63) is 47.9 Å². The summed E-state index contributed by atoms with van der Waals surface area (Å²) in [7, 11) is 4.86. The highest BCUT2D eigenvalue weighted by atomic mass is 16.6. The zero-order valence-electron chi connectivity index (χ0n) is 18.3. The van der Waals surface area contributed by atoms with Crippen LogP contribution in [-0.2, 0) is 17.8 Å². The smallest absolute Gasteiger partial charge is 0.246 e. The maximum absolute atomic E-state index is 12.6. The molecule has 1 aliphatic heterocycles. The number of benzene rings is 2. The minimum atomic E-state index is -0.0262. The Hall–Kier alpha value is -3.75. The number of hydrogen-bond acceptors (Lipinski definition) is 8. The quantitative estimate of drug-likeness (QED) is 0.528. The van der Waals surface area contributed by atoms with Crippen LogP contribution in [0.2, 0.25) is 0 Å². The summed E-state index contributed by atoms with van der Waals surface area (Å²) in [6.45, 7) is 1.30. The first kappa shape index (κ1) is 21.5. The molecule has 0 unspecified atom stereocenters. The van der Waals surface area contributed by atoms with E-state index in [1.165, 1.54) is 0 Å². The van der Waals surface area contributed by atoms with E-state index < -0.39 is 0 Å². The zero-order chi connectivity index (χ0) is 22.5. The monoisotopic (exact) mass is 439 g/mol. The molecule has 0 saturated heterocycles. The van der Waals surface area contributed by atoms with Crippen LogP contribution >= 0.6 is 0 Å². The molecule has 0 aliphatic carbocycles. The summed E-state index contributed by atoms with van der Waals surface area (Å²) >= 11 is 0. The average Bonchev–Trinajstić information content (AvgIpc) is 3.29. The van der Waals surface area contributed by atoms with Crippen molar-refractivity contribution in [1.82, 2.24) is 15.0 Å². The summed E-state index contributed by atoms with van der Waals surface area (Å²) in [6, 6.07) is 11.1. The van der Waals surface area contributed by atoms with Gasteiger partial charge in [0.1, 0.15) is 24.7 Å². The van der Waals surface area contributed by atoms with Crippen LogP contribution in [-0.4, -0.2) is 55.4 Å². The van der Waals surface area contributed by atoms with E-state index in [0.717, 1.165) is 17.1 Å². The van der Waals surface area contributed by atoms with Crippen molar-refractivity contribution in [3.63, 3.8) is 0 Å². The molecule has 0 bridgehead atoms. The molecule has 9 heteroatoms. The Kier molecular flexibility index (Phi) is 6.44. The minimum Gasteiger partial charge on any atom is -0.497 e. The van der Waals surface area contributed by atoms with Crippen molar-refractivity contribution in [3.8, 4) is 34.4 Å².